The molecule has 124 valence electrons. The molecular formula is C15H22F2N2O3. The second-order valence-electron chi connectivity index (χ2n) is 6.69. The summed E-state index contributed by atoms with van der Waals surface area (Å²) in [5.74, 6) is -2.43. The first-order chi connectivity index (χ1) is 10.4. The molecule has 1 N–H and O–H groups in total. The Balaban J connectivity index is 1.69. The highest BCUT2D eigenvalue weighted by Gasteiger charge is 2.51. The van der Waals surface area contributed by atoms with E-state index in [1.165, 1.54) is 7.11 Å². The Morgan fingerprint density at radius 1 is 1.27 bits per heavy atom. The smallest absolute Gasteiger partial charge is 0.407 e. The molecule has 5 nitrogen and oxygen atoms in total. The number of likely N-dealkylation sites (tertiary alicyclic amines) is 1. The van der Waals surface area contributed by atoms with Gasteiger partial charge in [-0.05, 0) is 37.5 Å². The van der Waals surface area contributed by atoms with Crippen molar-refractivity contribution in [2.75, 3.05) is 13.7 Å². The van der Waals surface area contributed by atoms with Crippen molar-refractivity contribution < 1.29 is 23.1 Å². The molecule has 7 heteroatoms. The zero-order valence-corrected chi connectivity index (χ0v) is 12.7. The van der Waals surface area contributed by atoms with Crippen LogP contribution >= 0.6 is 0 Å². The molecule has 0 aromatic heterocycles. The van der Waals surface area contributed by atoms with Crippen LogP contribution in [0.3, 0.4) is 0 Å². The summed E-state index contributed by atoms with van der Waals surface area (Å²) in [5, 5.41) is 2.58. The van der Waals surface area contributed by atoms with Gasteiger partial charge in [0.25, 0.3) is 0 Å². The predicted molar refractivity (Wildman–Crippen MR) is 74.5 cm³/mol. The third-order valence-corrected chi connectivity index (χ3v) is 5.27. The average molecular weight is 316 g/mol. The Kier molecular flexibility index (Phi) is 3.99. The van der Waals surface area contributed by atoms with E-state index in [4.69, 9.17) is 0 Å². The number of rotatable bonds is 3. The minimum Gasteiger partial charge on any atom is -0.453 e. The van der Waals surface area contributed by atoms with Crippen molar-refractivity contribution in [3.8, 4) is 0 Å². The number of alkyl halides is 2. The minimum atomic E-state index is -2.65. The van der Waals surface area contributed by atoms with Gasteiger partial charge in [0.05, 0.1) is 7.11 Å². The lowest BCUT2D eigenvalue weighted by Crippen LogP contribution is -2.53. The highest BCUT2D eigenvalue weighted by Crippen LogP contribution is 2.45. The topological polar surface area (TPSA) is 58.6 Å². The first kappa shape index (κ1) is 15.5. The molecule has 2 amide bonds. The van der Waals surface area contributed by atoms with Crippen LogP contribution in [0.2, 0.25) is 0 Å². The number of hydrogen-bond donors (Lipinski definition) is 1. The quantitative estimate of drug-likeness (QED) is 0.868. The Morgan fingerprint density at radius 2 is 1.95 bits per heavy atom. The number of ether oxygens (including phenoxy) is 1. The Hall–Kier alpha value is -1.40. The standard InChI is InChI=1S/C15H22F2N2O3/c1-22-14(21)18-12(9-2-5-15(16,17)6-3-9)13(20)19-7-4-10-8-11(10)19/h9-12H,2-8H2,1H3,(H,18,21)/t10?,11-,12+/m1/s1. The van der Waals surface area contributed by atoms with Crippen LogP contribution in [0.15, 0.2) is 0 Å². The van der Waals surface area contributed by atoms with Crippen LogP contribution in [-0.4, -0.2) is 48.6 Å². The maximum absolute atomic E-state index is 13.3. The van der Waals surface area contributed by atoms with Gasteiger partial charge in [0, 0.05) is 25.4 Å². The lowest BCUT2D eigenvalue weighted by Gasteiger charge is -2.35. The van der Waals surface area contributed by atoms with Gasteiger partial charge in [0.2, 0.25) is 11.8 Å². The highest BCUT2D eigenvalue weighted by molar-refractivity contribution is 5.86. The van der Waals surface area contributed by atoms with Crippen molar-refractivity contribution in [2.24, 2.45) is 11.8 Å². The van der Waals surface area contributed by atoms with Crippen LogP contribution in [0.1, 0.15) is 38.5 Å². The highest BCUT2D eigenvalue weighted by atomic mass is 19.3. The van der Waals surface area contributed by atoms with E-state index < -0.39 is 18.1 Å². The molecule has 1 unspecified atom stereocenters. The molecule has 3 fully saturated rings. The van der Waals surface area contributed by atoms with E-state index in [0.717, 1.165) is 12.8 Å². The van der Waals surface area contributed by atoms with Gasteiger partial charge in [-0.2, -0.15) is 0 Å². The van der Waals surface area contributed by atoms with E-state index in [9.17, 15) is 18.4 Å². The molecular weight excluding hydrogens is 294 g/mol. The summed E-state index contributed by atoms with van der Waals surface area (Å²) < 4.78 is 31.3. The monoisotopic (exact) mass is 316 g/mol. The SMILES string of the molecule is COC(=O)N[C@H](C(=O)N1CCC2C[C@H]21)C1CCC(F)(F)CC1. The summed E-state index contributed by atoms with van der Waals surface area (Å²) in [6.45, 7) is 0.705. The number of carbonyl (C=O) groups excluding carboxylic acids is 2. The molecule has 3 rings (SSSR count). The molecule has 0 radical (unpaired) electrons. The summed E-state index contributed by atoms with van der Waals surface area (Å²) >= 11 is 0. The maximum atomic E-state index is 13.3. The van der Waals surface area contributed by atoms with Gasteiger partial charge in [-0.25, -0.2) is 13.6 Å². The van der Waals surface area contributed by atoms with Crippen molar-refractivity contribution in [1.82, 2.24) is 10.2 Å². The number of alkyl carbamates (subject to hydrolysis) is 1. The number of methoxy groups -OCH3 is 1. The molecule has 2 saturated carbocycles. The van der Waals surface area contributed by atoms with Gasteiger partial charge in [0.15, 0.2) is 0 Å². The fraction of sp³-hybridized carbons (Fsp3) is 0.867. The van der Waals surface area contributed by atoms with Crippen molar-refractivity contribution in [2.45, 2.75) is 56.5 Å². The van der Waals surface area contributed by atoms with E-state index >= 15 is 0 Å². The number of fused-ring (bicyclic) bond motifs is 1. The van der Waals surface area contributed by atoms with Gasteiger partial charge in [-0.1, -0.05) is 0 Å². The van der Waals surface area contributed by atoms with Crippen LogP contribution in [0.4, 0.5) is 13.6 Å². The number of amides is 2. The lowest BCUT2D eigenvalue weighted by atomic mass is 9.81. The molecule has 0 spiro atoms. The average Bonchev–Trinajstić information content (AvgIpc) is 3.15. The van der Waals surface area contributed by atoms with Crippen LogP contribution in [-0.2, 0) is 9.53 Å². The minimum absolute atomic E-state index is 0.134. The fourth-order valence-electron chi connectivity index (χ4n) is 3.81. The van der Waals surface area contributed by atoms with Crippen molar-refractivity contribution in [3.05, 3.63) is 0 Å². The molecule has 0 aromatic carbocycles. The van der Waals surface area contributed by atoms with Crippen LogP contribution in [0.25, 0.3) is 0 Å². The number of piperidine rings is 1. The Morgan fingerprint density at radius 3 is 2.45 bits per heavy atom. The molecule has 0 aromatic rings. The van der Waals surface area contributed by atoms with E-state index in [2.05, 4.69) is 10.1 Å². The largest absolute Gasteiger partial charge is 0.453 e. The van der Waals surface area contributed by atoms with Crippen molar-refractivity contribution in [1.29, 1.82) is 0 Å². The maximum Gasteiger partial charge on any atom is 0.407 e. The van der Waals surface area contributed by atoms with Crippen molar-refractivity contribution >= 4 is 12.0 Å². The predicted octanol–water partition coefficient (Wildman–Crippen LogP) is 2.16. The molecule has 1 saturated heterocycles. The first-order valence-electron chi connectivity index (χ1n) is 7.94. The van der Waals surface area contributed by atoms with E-state index in [1.54, 1.807) is 0 Å². The van der Waals surface area contributed by atoms with E-state index in [0.29, 0.717) is 18.5 Å². The molecule has 1 heterocycles. The normalized spacial score (nSPS) is 31.3. The van der Waals surface area contributed by atoms with Crippen LogP contribution in [0.5, 0.6) is 0 Å². The van der Waals surface area contributed by atoms with Gasteiger partial charge in [-0.3, -0.25) is 4.79 Å². The number of halogens is 2. The third kappa shape index (κ3) is 3.03. The zero-order valence-electron chi connectivity index (χ0n) is 12.7. The van der Waals surface area contributed by atoms with Gasteiger partial charge < -0.3 is 15.0 Å². The summed E-state index contributed by atoms with van der Waals surface area (Å²) in [6, 6.07) is -0.456. The fourth-order valence-corrected chi connectivity index (χ4v) is 3.81. The molecule has 2 aliphatic carbocycles. The van der Waals surface area contributed by atoms with Crippen molar-refractivity contribution in [3.63, 3.8) is 0 Å². The Bertz CT molecular complexity index is 462. The summed E-state index contributed by atoms with van der Waals surface area (Å²) in [7, 11) is 1.23. The second-order valence-corrected chi connectivity index (χ2v) is 6.69. The molecule has 1 aliphatic heterocycles. The van der Waals surface area contributed by atoms with Gasteiger partial charge >= 0.3 is 6.09 Å². The Labute approximate surface area is 128 Å². The lowest BCUT2D eigenvalue weighted by molar-refractivity contribution is -0.136. The third-order valence-electron chi connectivity index (χ3n) is 5.27. The molecule has 3 aliphatic rings. The zero-order chi connectivity index (χ0) is 15.9. The summed E-state index contributed by atoms with van der Waals surface area (Å²) in [4.78, 5) is 26.1. The van der Waals surface area contributed by atoms with Gasteiger partial charge in [-0.15, -0.1) is 0 Å². The number of nitrogens with zero attached hydrogens (tertiary/aromatic N) is 1. The molecule has 3 atom stereocenters. The van der Waals surface area contributed by atoms with Gasteiger partial charge in [0.1, 0.15) is 6.04 Å². The summed E-state index contributed by atoms with van der Waals surface area (Å²) in [6.07, 6.45) is 1.39. The number of carbonyl (C=O) groups is 2. The van der Waals surface area contributed by atoms with Crippen LogP contribution in [0, 0.1) is 11.8 Å². The van der Waals surface area contributed by atoms with E-state index in [1.807, 2.05) is 4.90 Å². The second kappa shape index (κ2) is 5.66. The first-order valence-corrected chi connectivity index (χ1v) is 7.94. The van der Waals surface area contributed by atoms with Crippen LogP contribution < -0.4 is 5.32 Å². The number of nitrogens with one attached hydrogen (secondary N) is 1. The number of hydrogen-bond acceptors (Lipinski definition) is 3. The van der Waals surface area contributed by atoms with E-state index in [-0.39, 0.29) is 37.5 Å². The molecule has 0 bridgehead atoms. The molecule has 22 heavy (non-hydrogen) atoms. The summed E-state index contributed by atoms with van der Waals surface area (Å²) in [5.41, 5.74) is 0.